The average Bonchev–Trinajstić information content (AvgIpc) is 2.90. The van der Waals surface area contributed by atoms with Crippen molar-refractivity contribution in [1.29, 1.82) is 0 Å². The summed E-state index contributed by atoms with van der Waals surface area (Å²) in [5.41, 5.74) is 0. The van der Waals surface area contributed by atoms with Crippen molar-refractivity contribution in [1.82, 2.24) is 25.9 Å². The number of carboxylic acids is 1. The van der Waals surface area contributed by atoms with Crippen molar-refractivity contribution in [2.75, 3.05) is 6.54 Å². The van der Waals surface area contributed by atoms with Crippen molar-refractivity contribution in [2.45, 2.75) is 38.1 Å². The Hall–Kier alpha value is -1.50. The summed E-state index contributed by atoms with van der Waals surface area (Å²) in [4.78, 5) is 11.1. The molecule has 1 aromatic heterocycles. The molecule has 1 aliphatic carbocycles. The molecule has 2 aliphatic rings. The lowest BCUT2D eigenvalue weighted by atomic mass is 9.69. The van der Waals surface area contributed by atoms with Crippen LogP contribution in [0.4, 0.5) is 0 Å². The second-order valence-electron chi connectivity index (χ2n) is 5.77. The van der Waals surface area contributed by atoms with E-state index >= 15 is 0 Å². The summed E-state index contributed by atoms with van der Waals surface area (Å²) < 4.78 is 0. The number of hydrogen-bond acceptors (Lipinski definition) is 5. The van der Waals surface area contributed by atoms with E-state index in [1.165, 1.54) is 12.8 Å². The number of hydrogen-bond donors (Lipinski definition) is 3. The molecular weight excluding hydrogens is 246 g/mol. The third-order valence-corrected chi connectivity index (χ3v) is 4.57. The Morgan fingerprint density at radius 3 is 2.95 bits per heavy atom. The lowest BCUT2D eigenvalue weighted by molar-refractivity contribution is -0.141. The molecule has 1 aromatic rings. The smallest absolute Gasteiger partial charge is 0.320 e. The SMILES string of the molecule is O=C(O)[C@@H]1C[C@H]2C[C@@H](Cc3nn[nH]n3)CC[C@H]2CN1. The van der Waals surface area contributed by atoms with Gasteiger partial charge >= 0.3 is 5.97 Å². The van der Waals surface area contributed by atoms with Crippen LogP contribution in [-0.2, 0) is 11.2 Å². The topological polar surface area (TPSA) is 104 Å². The van der Waals surface area contributed by atoms with Gasteiger partial charge in [0.15, 0.2) is 5.82 Å². The highest BCUT2D eigenvalue weighted by molar-refractivity contribution is 5.73. The molecule has 3 N–H and O–H groups in total. The first-order valence-electron chi connectivity index (χ1n) is 6.91. The number of carboxylic acid groups (broad SMARTS) is 1. The third-order valence-electron chi connectivity index (χ3n) is 4.57. The van der Waals surface area contributed by atoms with E-state index < -0.39 is 5.97 Å². The minimum absolute atomic E-state index is 0.370. The summed E-state index contributed by atoms with van der Waals surface area (Å²) in [5, 5.41) is 26.3. The number of aliphatic carboxylic acids is 1. The van der Waals surface area contributed by atoms with Gasteiger partial charge in [-0.1, -0.05) is 5.21 Å². The molecule has 1 saturated heterocycles. The molecule has 2 fully saturated rings. The van der Waals surface area contributed by atoms with E-state index in [-0.39, 0.29) is 6.04 Å². The minimum Gasteiger partial charge on any atom is -0.480 e. The first-order valence-corrected chi connectivity index (χ1v) is 6.91. The molecule has 0 unspecified atom stereocenters. The van der Waals surface area contributed by atoms with Gasteiger partial charge in [0.25, 0.3) is 0 Å². The molecule has 19 heavy (non-hydrogen) atoms. The second kappa shape index (κ2) is 5.24. The van der Waals surface area contributed by atoms with E-state index in [0.717, 1.165) is 31.6 Å². The molecule has 3 rings (SSSR count). The molecule has 1 aliphatic heterocycles. The summed E-state index contributed by atoms with van der Waals surface area (Å²) >= 11 is 0. The largest absolute Gasteiger partial charge is 0.480 e. The van der Waals surface area contributed by atoms with Gasteiger partial charge in [-0.2, -0.15) is 5.21 Å². The standard InChI is InChI=1S/C12H19N5O2/c18-12(19)10-5-9-3-7(1-2-8(9)6-13-10)4-11-14-16-17-15-11/h7-10,13H,1-6H2,(H,18,19)(H,14,15,16,17)/t7-,8-,9+,10-/m0/s1. The Morgan fingerprint density at radius 1 is 1.32 bits per heavy atom. The fraction of sp³-hybridized carbons (Fsp3) is 0.833. The quantitative estimate of drug-likeness (QED) is 0.722. The van der Waals surface area contributed by atoms with Crippen LogP contribution in [0.1, 0.15) is 31.5 Å². The van der Waals surface area contributed by atoms with Crippen LogP contribution in [0.3, 0.4) is 0 Å². The highest BCUT2D eigenvalue weighted by Crippen LogP contribution is 2.39. The number of nitrogens with zero attached hydrogens (tertiary/aromatic N) is 3. The van der Waals surface area contributed by atoms with E-state index in [2.05, 4.69) is 25.9 Å². The van der Waals surface area contributed by atoms with Crippen LogP contribution in [0.5, 0.6) is 0 Å². The molecule has 0 bridgehead atoms. The van der Waals surface area contributed by atoms with E-state index in [4.69, 9.17) is 5.11 Å². The Balaban J connectivity index is 1.59. The molecule has 7 nitrogen and oxygen atoms in total. The van der Waals surface area contributed by atoms with Crippen molar-refractivity contribution in [3.05, 3.63) is 5.82 Å². The molecule has 7 heteroatoms. The van der Waals surface area contributed by atoms with Crippen molar-refractivity contribution < 1.29 is 9.90 Å². The monoisotopic (exact) mass is 265 g/mol. The van der Waals surface area contributed by atoms with Crippen molar-refractivity contribution in [2.24, 2.45) is 17.8 Å². The zero-order valence-electron chi connectivity index (χ0n) is 10.7. The average molecular weight is 265 g/mol. The maximum absolute atomic E-state index is 11.1. The van der Waals surface area contributed by atoms with Crippen LogP contribution in [0.2, 0.25) is 0 Å². The summed E-state index contributed by atoms with van der Waals surface area (Å²) in [6.45, 7) is 0.844. The number of rotatable bonds is 3. The molecule has 104 valence electrons. The number of fused-ring (bicyclic) bond motifs is 1. The van der Waals surface area contributed by atoms with Gasteiger partial charge < -0.3 is 10.4 Å². The third kappa shape index (κ3) is 2.75. The summed E-state index contributed by atoms with van der Waals surface area (Å²) in [6, 6.07) is -0.370. The van der Waals surface area contributed by atoms with Crippen molar-refractivity contribution in [3.8, 4) is 0 Å². The highest BCUT2D eigenvalue weighted by atomic mass is 16.4. The van der Waals surface area contributed by atoms with Crippen LogP contribution >= 0.6 is 0 Å². The van der Waals surface area contributed by atoms with Crippen molar-refractivity contribution >= 4 is 5.97 Å². The first kappa shape index (κ1) is 12.5. The number of nitrogens with one attached hydrogen (secondary N) is 2. The molecule has 0 amide bonds. The first-order chi connectivity index (χ1) is 9.22. The number of aromatic nitrogens is 4. The van der Waals surface area contributed by atoms with E-state index in [1.807, 2.05) is 0 Å². The van der Waals surface area contributed by atoms with E-state index in [0.29, 0.717) is 17.8 Å². The second-order valence-corrected chi connectivity index (χ2v) is 5.77. The Kier molecular flexibility index (Phi) is 3.46. The molecule has 0 radical (unpaired) electrons. The fourth-order valence-corrected chi connectivity index (χ4v) is 3.56. The minimum atomic E-state index is -0.723. The summed E-state index contributed by atoms with van der Waals surface area (Å²) in [7, 11) is 0. The van der Waals surface area contributed by atoms with Crippen molar-refractivity contribution in [3.63, 3.8) is 0 Å². The molecule has 1 saturated carbocycles. The summed E-state index contributed by atoms with van der Waals surface area (Å²) in [5.74, 6) is 1.77. The fourth-order valence-electron chi connectivity index (χ4n) is 3.56. The predicted molar refractivity (Wildman–Crippen MR) is 66.2 cm³/mol. The molecule has 4 atom stereocenters. The van der Waals surface area contributed by atoms with Gasteiger partial charge in [0.05, 0.1) is 0 Å². The maximum Gasteiger partial charge on any atom is 0.320 e. The Labute approximate surface area is 111 Å². The lowest BCUT2D eigenvalue weighted by Gasteiger charge is -2.41. The molecule has 0 spiro atoms. The highest BCUT2D eigenvalue weighted by Gasteiger charge is 2.37. The van der Waals surface area contributed by atoms with Gasteiger partial charge in [0, 0.05) is 6.42 Å². The normalized spacial score (nSPS) is 34.7. The van der Waals surface area contributed by atoms with Gasteiger partial charge in [0.1, 0.15) is 6.04 Å². The molecule has 2 heterocycles. The zero-order chi connectivity index (χ0) is 13.2. The predicted octanol–water partition coefficient (Wildman–Crippen LogP) is 0.221. The number of carbonyl (C=O) groups is 1. The van der Waals surface area contributed by atoms with Crippen LogP contribution in [0.15, 0.2) is 0 Å². The molecule has 0 aromatic carbocycles. The molecular formula is C12H19N5O2. The van der Waals surface area contributed by atoms with Gasteiger partial charge in [-0.05, 0) is 50.0 Å². The van der Waals surface area contributed by atoms with Gasteiger partial charge in [-0.3, -0.25) is 4.79 Å². The number of aromatic amines is 1. The van der Waals surface area contributed by atoms with Crippen LogP contribution in [0.25, 0.3) is 0 Å². The summed E-state index contributed by atoms with van der Waals surface area (Å²) in [6.07, 6.45) is 5.04. The Morgan fingerprint density at radius 2 is 2.21 bits per heavy atom. The maximum atomic E-state index is 11.1. The Bertz CT molecular complexity index is 435. The van der Waals surface area contributed by atoms with Crippen LogP contribution in [-0.4, -0.2) is 44.3 Å². The number of tetrazole rings is 1. The van der Waals surface area contributed by atoms with E-state index in [9.17, 15) is 4.79 Å². The van der Waals surface area contributed by atoms with Crippen LogP contribution < -0.4 is 5.32 Å². The van der Waals surface area contributed by atoms with Gasteiger partial charge in [-0.15, -0.1) is 10.2 Å². The van der Waals surface area contributed by atoms with Gasteiger partial charge in [0.2, 0.25) is 0 Å². The van der Waals surface area contributed by atoms with E-state index in [1.54, 1.807) is 0 Å². The van der Waals surface area contributed by atoms with Gasteiger partial charge in [-0.25, -0.2) is 0 Å². The number of H-pyrrole nitrogens is 1. The zero-order valence-corrected chi connectivity index (χ0v) is 10.7. The lowest BCUT2D eigenvalue weighted by Crippen LogP contribution is -2.49. The number of piperidine rings is 1. The van der Waals surface area contributed by atoms with Crippen LogP contribution in [0, 0.1) is 17.8 Å².